The molecule has 0 aliphatic carbocycles. The molecule has 0 saturated carbocycles. The molecule has 0 fully saturated rings. The predicted molar refractivity (Wildman–Crippen MR) is 195 cm³/mol. The van der Waals surface area contributed by atoms with E-state index in [1.165, 1.54) is 0 Å². The number of nitrogens with zero attached hydrogens (tertiary/aromatic N) is 4. The Hall–Kier alpha value is -6.04. The molecule has 49 heavy (non-hydrogen) atoms. The van der Waals surface area contributed by atoms with E-state index < -0.39 is 16.1 Å². The van der Waals surface area contributed by atoms with Crippen molar-refractivity contribution in [2.45, 2.75) is 33.9 Å². The predicted octanol–water partition coefficient (Wildman–Crippen LogP) is 8.34. The Morgan fingerprint density at radius 1 is 0.694 bits per heavy atom. The molecule has 10 nitrogen and oxygen atoms in total. The van der Waals surface area contributed by atoms with Gasteiger partial charge in [-0.25, -0.2) is 13.2 Å². The smallest absolute Gasteiger partial charge is 0.411 e. The van der Waals surface area contributed by atoms with Gasteiger partial charge in [-0.3, -0.25) is 10.0 Å². The van der Waals surface area contributed by atoms with Gasteiger partial charge >= 0.3 is 6.09 Å². The van der Waals surface area contributed by atoms with Crippen molar-refractivity contribution in [2.24, 2.45) is 0 Å². The second-order valence-corrected chi connectivity index (χ2v) is 12.8. The van der Waals surface area contributed by atoms with Crippen molar-refractivity contribution in [3.8, 4) is 34.7 Å². The fraction of sp³-hybridized carbons (Fsp3) is 0.184. The number of carbonyl (C=O) groups is 1. The van der Waals surface area contributed by atoms with Gasteiger partial charge in [0.2, 0.25) is 10.0 Å². The van der Waals surface area contributed by atoms with Gasteiger partial charge in [0.05, 0.1) is 35.4 Å². The number of nitrogens with one attached hydrogen (secondary N) is 2. The zero-order chi connectivity index (χ0) is 35.1. The number of hydrogen-bond acceptors (Lipinski definition) is 6. The molecule has 0 aliphatic rings. The number of rotatable bonds is 8. The van der Waals surface area contributed by atoms with Crippen molar-refractivity contribution in [2.75, 3.05) is 22.9 Å². The van der Waals surface area contributed by atoms with Gasteiger partial charge in [0.1, 0.15) is 12.1 Å². The molecule has 2 heterocycles. The lowest BCUT2D eigenvalue weighted by Crippen LogP contribution is -2.13. The standard InChI is InChI=1S/C20H19N3O2.C18H17N3O2S/c1-3-23-18-8-6-5-7-16(18)17(13-21)19(23)14-9-11-15(12-10-14)22-20(24)25-4-2;1-3-21-17-7-5-4-6-15(17)16(12-19)18(21)13-8-10-14(11-9-13)20-24(2,22)23/h5-12H,3-4H2,1-2H3,(H,22,24);4-11,20H,3H2,1-2H3. The van der Waals surface area contributed by atoms with Gasteiger partial charge in [-0.05, 0) is 68.3 Å². The van der Waals surface area contributed by atoms with Crippen LogP contribution in [0.3, 0.4) is 0 Å². The highest BCUT2D eigenvalue weighted by Gasteiger charge is 2.19. The largest absolute Gasteiger partial charge is 0.450 e. The summed E-state index contributed by atoms with van der Waals surface area (Å²) < 4.78 is 34.2. The Morgan fingerprint density at radius 2 is 1.12 bits per heavy atom. The van der Waals surface area contributed by atoms with E-state index in [4.69, 9.17) is 4.74 Å². The zero-order valence-electron chi connectivity index (χ0n) is 27.7. The molecule has 0 atom stereocenters. The molecule has 6 aromatic rings. The maximum absolute atomic E-state index is 11.5. The highest BCUT2D eigenvalue weighted by atomic mass is 32.2. The second kappa shape index (κ2) is 14.8. The second-order valence-electron chi connectivity index (χ2n) is 11.1. The van der Waals surface area contributed by atoms with Gasteiger partial charge in [-0.2, -0.15) is 10.5 Å². The summed E-state index contributed by atoms with van der Waals surface area (Å²) in [7, 11) is -3.31. The SMILES string of the molecule is CCOC(=O)Nc1ccc(-c2c(C#N)c3ccccc3n2CC)cc1.CCn1c(-c2ccc(NS(C)(=O)=O)cc2)c(C#N)c2ccccc21. The van der Waals surface area contributed by atoms with Crippen LogP contribution in [0.1, 0.15) is 31.9 Å². The van der Waals surface area contributed by atoms with Gasteiger partial charge in [0.25, 0.3) is 0 Å². The van der Waals surface area contributed by atoms with E-state index in [1.54, 1.807) is 19.1 Å². The fourth-order valence-corrected chi connectivity index (χ4v) is 6.56. The molecule has 4 aromatic carbocycles. The Morgan fingerprint density at radius 3 is 1.51 bits per heavy atom. The van der Waals surface area contributed by atoms with Crippen LogP contribution in [0.4, 0.5) is 16.2 Å². The van der Waals surface area contributed by atoms with Crippen molar-refractivity contribution in [1.29, 1.82) is 10.5 Å². The molecule has 0 unspecified atom stereocenters. The van der Waals surface area contributed by atoms with Gasteiger partial charge in [0.15, 0.2) is 0 Å². The normalized spacial score (nSPS) is 10.9. The lowest BCUT2D eigenvalue weighted by molar-refractivity contribution is 0.168. The van der Waals surface area contributed by atoms with Crippen molar-refractivity contribution < 1.29 is 17.9 Å². The number of aryl methyl sites for hydroxylation is 2. The average molecular weight is 673 g/mol. The van der Waals surface area contributed by atoms with Crippen LogP contribution in [0.15, 0.2) is 97.1 Å². The number of fused-ring (bicyclic) bond motifs is 2. The fourth-order valence-electron chi connectivity index (χ4n) is 6.00. The number of nitriles is 2. The van der Waals surface area contributed by atoms with E-state index in [-0.39, 0.29) is 0 Å². The van der Waals surface area contributed by atoms with Crippen LogP contribution in [-0.4, -0.2) is 36.5 Å². The van der Waals surface area contributed by atoms with E-state index in [1.807, 2.05) is 91.9 Å². The van der Waals surface area contributed by atoms with Crippen molar-refractivity contribution >= 4 is 49.3 Å². The molecule has 1 amide bonds. The third kappa shape index (κ3) is 7.28. The molecular weight excluding hydrogens is 637 g/mol. The third-order valence-corrected chi connectivity index (χ3v) is 8.55. The first-order valence-corrected chi connectivity index (χ1v) is 17.7. The van der Waals surface area contributed by atoms with E-state index >= 15 is 0 Å². The number of para-hydroxylation sites is 2. The maximum Gasteiger partial charge on any atom is 0.411 e. The topological polar surface area (TPSA) is 142 Å². The highest BCUT2D eigenvalue weighted by molar-refractivity contribution is 7.92. The Kier molecular flexibility index (Phi) is 10.4. The minimum atomic E-state index is -3.31. The van der Waals surface area contributed by atoms with Crippen LogP contribution in [0.2, 0.25) is 0 Å². The van der Waals surface area contributed by atoms with E-state index in [0.29, 0.717) is 29.1 Å². The number of amides is 1. The van der Waals surface area contributed by atoms with Crippen molar-refractivity contribution in [3.63, 3.8) is 0 Å². The van der Waals surface area contributed by atoms with Crippen LogP contribution in [0.5, 0.6) is 0 Å². The number of hydrogen-bond donors (Lipinski definition) is 2. The van der Waals surface area contributed by atoms with Gasteiger partial charge in [0, 0.05) is 46.3 Å². The van der Waals surface area contributed by atoms with Crippen molar-refractivity contribution in [1.82, 2.24) is 9.13 Å². The number of ether oxygens (including phenoxy) is 1. The van der Waals surface area contributed by atoms with Crippen LogP contribution in [0.25, 0.3) is 44.3 Å². The molecule has 0 saturated heterocycles. The Balaban J connectivity index is 0.000000191. The molecule has 0 radical (unpaired) electrons. The van der Waals surface area contributed by atoms with E-state index in [2.05, 4.69) is 38.2 Å². The first kappa shape index (κ1) is 34.3. The molecule has 0 bridgehead atoms. The number of anilines is 2. The summed E-state index contributed by atoms with van der Waals surface area (Å²) in [5.41, 5.74) is 8.09. The monoisotopic (exact) mass is 672 g/mol. The summed E-state index contributed by atoms with van der Waals surface area (Å²) in [6.07, 6.45) is 0.638. The molecule has 0 spiro atoms. The quantitative estimate of drug-likeness (QED) is 0.166. The number of sulfonamides is 1. The first-order chi connectivity index (χ1) is 23.6. The minimum absolute atomic E-state index is 0.325. The minimum Gasteiger partial charge on any atom is -0.450 e. The summed E-state index contributed by atoms with van der Waals surface area (Å²) in [6, 6.07) is 34.9. The summed E-state index contributed by atoms with van der Waals surface area (Å²) in [5, 5.41) is 23.9. The van der Waals surface area contributed by atoms with Gasteiger partial charge < -0.3 is 13.9 Å². The van der Waals surface area contributed by atoms with Crippen molar-refractivity contribution in [3.05, 3.63) is 108 Å². The molecule has 11 heteroatoms. The summed E-state index contributed by atoms with van der Waals surface area (Å²) in [6.45, 7) is 7.69. The highest BCUT2D eigenvalue weighted by Crippen LogP contribution is 2.35. The molecule has 6 rings (SSSR count). The summed E-state index contributed by atoms with van der Waals surface area (Å²) in [5.74, 6) is 0. The molecule has 248 valence electrons. The molecule has 2 N–H and O–H groups in total. The summed E-state index contributed by atoms with van der Waals surface area (Å²) in [4.78, 5) is 11.5. The number of benzene rings is 4. The average Bonchev–Trinajstić information content (AvgIpc) is 3.60. The van der Waals surface area contributed by atoms with Crippen LogP contribution in [0, 0.1) is 22.7 Å². The third-order valence-electron chi connectivity index (χ3n) is 7.94. The van der Waals surface area contributed by atoms with Crippen LogP contribution >= 0.6 is 0 Å². The first-order valence-electron chi connectivity index (χ1n) is 15.8. The maximum atomic E-state index is 11.5. The van der Waals surface area contributed by atoms with Crippen LogP contribution < -0.4 is 10.0 Å². The lowest BCUT2D eigenvalue weighted by Gasteiger charge is -2.10. The Labute approximate surface area is 285 Å². The van der Waals surface area contributed by atoms with Gasteiger partial charge in [-0.15, -0.1) is 0 Å². The summed E-state index contributed by atoms with van der Waals surface area (Å²) >= 11 is 0. The van der Waals surface area contributed by atoms with Gasteiger partial charge in [-0.1, -0.05) is 60.7 Å². The molecule has 2 aromatic heterocycles. The lowest BCUT2D eigenvalue weighted by atomic mass is 10.1. The number of aromatic nitrogens is 2. The Bertz CT molecular complexity index is 2330. The van der Waals surface area contributed by atoms with E-state index in [9.17, 15) is 23.7 Å². The van der Waals surface area contributed by atoms with E-state index in [0.717, 1.165) is 63.7 Å². The van der Waals surface area contributed by atoms with Crippen LogP contribution in [-0.2, 0) is 27.8 Å². The molecular formula is C38H36N6O4S. The number of carbonyl (C=O) groups excluding carboxylic acids is 1. The zero-order valence-corrected chi connectivity index (χ0v) is 28.5. The molecule has 0 aliphatic heterocycles.